The quantitative estimate of drug-likeness (QED) is 0.163. The van der Waals surface area contributed by atoms with Crippen LogP contribution in [0, 0.1) is 28.8 Å². The monoisotopic (exact) mass is 715 g/mol. The van der Waals surface area contributed by atoms with Crippen LogP contribution >= 0.6 is 0 Å². The summed E-state index contributed by atoms with van der Waals surface area (Å²) in [6.07, 6.45) is 0. The van der Waals surface area contributed by atoms with E-state index in [9.17, 15) is 18.4 Å². The standard InChI is InChI=1S/C49H28F3N3/c50-41-25-34(26-42(51)49(41)52)35-27-47(54-43-17-9-7-15-36(43)38-23-32(19-21-45(38)54)30-11-3-1-4-12-30)40(29-53)48(28-35)55-44-18-10-8-16-37(44)39-24-33(20-22-46(39)55)31-13-5-2-6-14-31/h1-28H. The maximum atomic E-state index is 14.9. The van der Waals surface area contributed by atoms with Crippen LogP contribution in [0.5, 0.6) is 0 Å². The lowest BCUT2D eigenvalue weighted by atomic mass is 9.99. The fourth-order valence-electron chi connectivity index (χ4n) is 8.05. The van der Waals surface area contributed by atoms with Gasteiger partial charge in [0.15, 0.2) is 17.5 Å². The summed E-state index contributed by atoms with van der Waals surface area (Å²) in [5, 5.41) is 15.1. The zero-order valence-electron chi connectivity index (χ0n) is 29.1. The van der Waals surface area contributed by atoms with Gasteiger partial charge in [0.05, 0.1) is 33.4 Å². The predicted octanol–water partition coefficient (Wildman–Crippen LogP) is 13.2. The third-order valence-corrected chi connectivity index (χ3v) is 10.6. The van der Waals surface area contributed by atoms with Gasteiger partial charge in [0, 0.05) is 21.5 Å². The van der Waals surface area contributed by atoms with Gasteiger partial charge in [-0.15, -0.1) is 0 Å². The van der Waals surface area contributed by atoms with Gasteiger partial charge in [-0.1, -0.05) is 109 Å². The molecule has 8 aromatic carbocycles. The largest absolute Gasteiger partial charge is 0.308 e. The van der Waals surface area contributed by atoms with Crippen molar-refractivity contribution in [1.82, 2.24) is 9.13 Å². The summed E-state index contributed by atoms with van der Waals surface area (Å²) in [6.45, 7) is 0. The van der Waals surface area contributed by atoms with E-state index in [1.165, 1.54) is 0 Å². The van der Waals surface area contributed by atoms with Crippen LogP contribution < -0.4 is 0 Å². The Morgan fingerprint density at radius 2 is 0.764 bits per heavy atom. The Balaban J connectivity index is 1.32. The van der Waals surface area contributed by atoms with E-state index in [-0.39, 0.29) is 5.56 Å². The Morgan fingerprint density at radius 1 is 0.364 bits per heavy atom. The van der Waals surface area contributed by atoms with Crippen molar-refractivity contribution in [2.75, 3.05) is 0 Å². The van der Waals surface area contributed by atoms with E-state index < -0.39 is 17.5 Å². The average molecular weight is 716 g/mol. The van der Waals surface area contributed by atoms with Crippen LogP contribution in [0.4, 0.5) is 13.2 Å². The van der Waals surface area contributed by atoms with Crippen LogP contribution in [0.15, 0.2) is 170 Å². The van der Waals surface area contributed by atoms with Crippen molar-refractivity contribution in [3.8, 4) is 50.8 Å². The molecular formula is C49H28F3N3. The second kappa shape index (κ2) is 12.6. The SMILES string of the molecule is N#Cc1c(-n2c3ccccc3c3cc(-c4ccccc4)ccc32)cc(-c2cc(F)c(F)c(F)c2)cc1-n1c2ccccc2c2cc(-c3ccccc3)ccc21. The molecule has 260 valence electrons. The third kappa shape index (κ3) is 5.13. The second-order valence-electron chi connectivity index (χ2n) is 13.7. The van der Waals surface area contributed by atoms with Gasteiger partial charge in [0.1, 0.15) is 11.6 Å². The zero-order chi connectivity index (χ0) is 37.2. The molecule has 10 aromatic rings. The summed E-state index contributed by atoms with van der Waals surface area (Å²) >= 11 is 0. The summed E-state index contributed by atoms with van der Waals surface area (Å²) in [6, 6.07) is 56.9. The number of halogens is 3. The second-order valence-corrected chi connectivity index (χ2v) is 13.7. The maximum Gasteiger partial charge on any atom is 0.194 e. The number of nitrogens with zero attached hydrogens (tertiary/aromatic N) is 3. The van der Waals surface area contributed by atoms with Gasteiger partial charge in [-0.25, -0.2) is 13.2 Å². The van der Waals surface area contributed by atoms with Gasteiger partial charge in [-0.3, -0.25) is 0 Å². The number of rotatable bonds is 5. The topological polar surface area (TPSA) is 33.6 Å². The first-order valence-corrected chi connectivity index (χ1v) is 17.9. The van der Waals surface area contributed by atoms with Gasteiger partial charge in [-0.2, -0.15) is 5.26 Å². The normalized spacial score (nSPS) is 11.5. The molecule has 3 nitrogen and oxygen atoms in total. The van der Waals surface area contributed by atoms with E-state index in [4.69, 9.17) is 0 Å². The first-order valence-electron chi connectivity index (χ1n) is 17.9. The summed E-state index contributed by atoms with van der Waals surface area (Å²) in [5.74, 6) is -4.12. The number of benzene rings is 8. The van der Waals surface area contributed by atoms with Crippen LogP contribution in [0.3, 0.4) is 0 Å². The van der Waals surface area contributed by atoms with E-state index >= 15 is 0 Å². The summed E-state index contributed by atoms with van der Waals surface area (Å²) in [7, 11) is 0. The molecule has 0 aliphatic rings. The Kier molecular flexibility index (Phi) is 7.43. The van der Waals surface area contributed by atoms with E-state index in [0.717, 1.165) is 78.0 Å². The minimum Gasteiger partial charge on any atom is -0.308 e. The fraction of sp³-hybridized carbons (Fsp3) is 0. The lowest BCUT2D eigenvalue weighted by molar-refractivity contribution is 0.447. The lowest BCUT2D eigenvalue weighted by Gasteiger charge is -2.18. The predicted molar refractivity (Wildman–Crippen MR) is 216 cm³/mol. The molecule has 0 saturated carbocycles. The molecule has 0 saturated heterocycles. The Hall–Kier alpha value is -7.36. The maximum absolute atomic E-state index is 14.9. The molecule has 0 fully saturated rings. The van der Waals surface area contributed by atoms with Crippen LogP contribution in [-0.2, 0) is 0 Å². The highest BCUT2D eigenvalue weighted by molar-refractivity contribution is 6.12. The summed E-state index contributed by atoms with van der Waals surface area (Å²) < 4.78 is 48.3. The number of fused-ring (bicyclic) bond motifs is 6. The fourth-order valence-corrected chi connectivity index (χ4v) is 8.05. The number of hydrogen-bond donors (Lipinski definition) is 0. The molecule has 0 aliphatic carbocycles. The number of aromatic nitrogens is 2. The van der Waals surface area contributed by atoms with Gasteiger partial charge in [0.2, 0.25) is 0 Å². The van der Waals surface area contributed by atoms with Gasteiger partial charge in [-0.05, 0) is 94.0 Å². The van der Waals surface area contributed by atoms with E-state index in [1.54, 1.807) is 12.1 Å². The van der Waals surface area contributed by atoms with Crippen molar-refractivity contribution in [3.05, 3.63) is 193 Å². The third-order valence-electron chi connectivity index (χ3n) is 10.6. The van der Waals surface area contributed by atoms with Crippen molar-refractivity contribution >= 4 is 43.6 Å². The van der Waals surface area contributed by atoms with Crippen molar-refractivity contribution in [2.24, 2.45) is 0 Å². The molecule has 6 heteroatoms. The van der Waals surface area contributed by atoms with Crippen molar-refractivity contribution in [1.29, 1.82) is 5.26 Å². The van der Waals surface area contributed by atoms with Crippen LogP contribution in [0.1, 0.15) is 5.56 Å². The molecule has 0 amide bonds. The molecule has 10 rings (SSSR count). The Morgan fingerprint density at radius 3 is 1.22 bits per heavy atom. The highest BCUT2D eigenvalue weighted by Gasteiger charge is 2.24. The number of hydrogen-bond acceptors (Lipinski definition) is 1. The molecule has 0 bridgehead atoms. The molecule has 2 aromatic heterocycles. The van der Waals surface area contributed by atoms with Crippen molar-refractivity contribution < 1.29 is 13.2 Å². The molecule has 55 heavy (non-hydrogen) atoms. The highest BCUT2D eigenvalue weighted by Crippen LogP contribution is 2.42. The van der Waals surface area contributed by atoms with Crippen LogP contribution in [-0.4, -0.2) is 9.13 Å². The van der Waals surface area contributed by atoms with E-state index in [1.807, 2.05) is 94.1 Å². The number of nitriles is 1. The molecule has 0 unspecified atom stereocenters. The molecule has 0 radical (unpaired) electrons. The van der Waals surface area contributed by atoms with E-state index in [0.29, 0.717) is 22.5 Å². The average Bonchev–Trinajstić information content (AvgIpc) is 3.75. The molecule has 0 atom stereocenters. The molecule has 2 heterocycles. The van der Waals surface area contributed by atoms with Crippen LogP contribution in [0.2, 0.25) is 0 Å². The molecular weight excluding hydrogens is 688 g/mol. The zero-order valence-corrected chi connectivity index (χ0v) is 29.1. The summed E-state index contributed by atoms with van der Waals surface area (Å²) in [4.78, 5) is 0. The minimum atomic E-state index is -1.54. The summed E-state index contributed by atoms with van der Waals surface area (Å²) in [5.41, 5.74) is 9.61. The molecule has 0 aliphatic heterocycles. The van der Waals surface area contributed by atoms with Gasteiger partial charge < -0.3 is 9.13 Å². The lowest BCUT2D eigenvalue weighted by Crippen LogP contribution is -2.05. The minimum absolute atomic E-state index is 0.141. The molecule has 0 spiro atoms. The van der Waals surface area contributed by atoms with Crippen LogP contribution in [0.25, 0.3) is 88.4 Å². The highest BCUT2D eigenvalue weighted by atomic mass is 19.2. The van der Waals surface area contributed by atoms with Crippen molar-refractivity contribution in [2.45, 2.75) is 0 Å². The van der Waals surface area contributed by atoms with Gasteiger partial charge in [0.25, 0.3) is 0 Å². The smallest absolute Gasteiger partial charge is 0.194 e. The van der Waals surface area contributed by atoms with Crippen molar-refractivity contribution in [3.63, 3.8) is 0 Å². The first-order chi connectivity index (χ1) is 27.0. The van der Waals surface area contributed by atoms with Gasteiger partial charge >= 0.3 is 0 Å². The first kappa shape index (κ1) is 32.3. The molecule has 0 N–H and O–H groups in total. The Bertz CT molecular complexity index is 2990. The Labute approximate surface area is 314 Å². The van der Waals surface area contributed by atoms with E-state index in [2.05, 4.69) is 66.7 Å². The number of para-hydroxylation sites is 2.